The maximum Gasteiger partial charge on any atom is 0.187 e. The van der Waals surface area contributed by atoms with Crippen LogP contribution in [0.15, 0.2) is 0 Å². The molecule has 0 aromatic heterocycles. The second-order valence-corrected chi connectivity index (χ2v) is 18.8. The fourth-order valence-corrected chi connectivity index (χ4v) is 12.7. The minimum atomic E-state index is -1.74. The molecule has 0 radical (unpaired) electrons. The minimum absolute atomic E-state index is 0.00892. The van der Waals surface area contributed by atoms with E-state index >= 15 is 0 Å². The van der Waals surface area contributed by atoms with Crippen molar-refractivity contribution in [2.24, 2.45) is 52.3 Å². The number of hydrogen-bond donors (Lipinski definition) is 9. The molecule has 3 heterocycles. The normalized spacial score (nSPS) is 56.8. The molecule has 7 fully saturated rings. The van der Waals surface area contributed by atoms with Crippen molar-refractivity contribution < 1.29 is 69.6 Å². The lowest BCUT2D eigenvalue weighted by Gasteiger charge is -2.61. The SMILES string of the molecule is CC(C)CCC1(O)OC2C(O)C3C4CCC5CC(OC6OC(CO)C(O)C(O)C6OC6OC(CO)C(O)C(O)C6O)CCC5(C)C4CCC3(C)C2C1C. The first-order valence-corrected chi connectivity index (χ1v) is 20.3. The Balaban J connectivity index is 1.04. The molecule has 7 aliphatic rings. The first-order chi connectivity index (χ1) is 25.0. The fourth-order valence-electron chi connectivity index (χ4n) is 12.7. The number of rotatable bonds is 9. The number of hydrogen-bond acceptors (Lipinski definition) is 14. The van der Waals surface area contributed by atoms with Gasteiger partial charge in [-0.3, -0.25) is 0 Å². The monoisotopic (exact) mass is 758 g/mol. The standard InChI is InChI=1S/C39H66O14/c1-17(2)8-13-39(48)18(3)25-33(53-39)29(44)26-21-7-6-19-14-20(9-11-37(19,4)22(21)10-12-38(25,26)5)49-36-34(31(46)28(43)24(16-41)51-36)52-35-32(47)30(45)27(42)23(15-40)50-35/h17-36,40-48H,6-16H2,1-5H3. The van der Waals surface area contributed by atoms with Gasteiger partial charge in [0.05, 0.1) is 31.5 Å². The third-order valence-electron chi connectivity index (χ3n) is 15.7. The van der Waals surface area contributed by atoms with Gasteiger partial charge in [0, 0.05) is 18.3 Å². The second-order valence-electron chi connectivity index (χ2n) is 18.8. The average molecular weight is 759 g/mol. The Kier molecular flexibility index (Phi) is 11.5. The van der Waals surface area contributed by atoms with E-state index in [2.05, 4.69) is 34.6 Å². The Morgan fingerprint density at radius 3 is 2.02 bits per heavy atom. The third kappa shape index (κ3) is 6.66. The number of fused-ring (bicyclic) bond motifs is 7. The van der Waals surface area contributed by atoms with Crippen LogP contribution in [0.4, 0.5) is 0 Å². The summed E-state index contributed by atoms with van der Waals surface area (Å²) < 4.78 is 30.4. The van der Waals surface area contributed by atoms with Crippen molar-refractivity contribution in [1.82, 2.24) is 0 Å². The average Bonchev–Trinajstić information content (AvgIpc) is 3.52. The molecule has 7 rings (SSSR count). The maximum atomic E-state index is 12.0. The van der Waals surface area contributed by atoms with Gasteiger partial charge < -0.3 is 69.6 Å². The fraction of sp³-hybridized carbons (Fsp3) is 1.00. The summed E-state index contributed by atoms with van der Waals surface area (Å²) in [6.45, 7) is 9.90. The summed E-state index contributed by atoms with van der Waals surface area (Å²) in [6, 6.07) is 0. The Morgan fingerprint density at radius 1 is 0.717 bits per heavy atom. The highest BCUT2D eigenvalue weighted by Crippen LogP contribution is 2.71. The third-order valence-corrected chi connectivity index (χ3v) is 15.7. The van der Waals surface area contributed by atoms with E-state index in [1.807, 2.05) is 0 Å². The first kappa shape index (κ1) is 40.6. The molecular formula is C39H66O14. The summed E-state index contributed by atoms with van der Waals surface area (Å²) >= 11 is 0. The molecule has 4 aliphatic carbocycles. The van der Waals surface area contributed by atoms with Crippen molar-refractivity contribution in [3.63, 3.8) is 0 Å². The zero-order chi connectivity index (χ0) is 38.4. The number of aliphatic hydroxyl groups excluding tert-OH is 8. The van der Waals surface area contributed by atoms with Gasteiger partial charge in [-0.25, -0.2) is 0 Å². The van der Waals surface area contributed by atoms with Gasteiger partial charge >= 0.3 is 0 Å². The molecular weight excluding hydrogens is 692 g/mol. The molecule has 22 unspecified atom stereocenters. The van der Waals surface area contributed by atoms with E-state index in [0.29, 0.717) is 42.9 Å². The van der Waals surface area contributed by atoms with E-state index in [-0.39, 0.29) is 40.8 Å². The van der Waals surface area contributed by atoms with E-state index < -0.39 is 86.5 Å². The van der Waals surface area contributed by atoms with E-state index in [1.165, 1.54) is 0 Å². The van der Waals surface area contributed by atoms with E-state index in [4.69, 9.17) is 23.7 Å². The molecule has 0 amide bonds. The predicted octanol–water partition coefficient (Wildman–Crippen LogP) is 0.395. The molecule has 0 aromatic rings. The van der Waals surface area contributed by atoms with Gasteiger partial charge in [0.25, 0.3) is 0 Å². The molecule has 3 aliphatic heterocycles. The second kappa shape index (κ2) is 15.0. The van der Waals surface area contributed by atoms with E-state index in [9.17, 15) is 46.0 Å². The number of aliphatic hydroxyl groups is 9. The van der Waals surface area contributed by atoms with Crippen molar-refractivity contribution in [3.05, 3.63) is 0 Å². The highest BCUT2D eigenvalue weighted by molar-refractivity contribution is 5.18. The minimum Gasteiger partial charge on any atom is -0.394 e. The topological polar surface area (TPSA) is 228 Å². The molecule has 53 heavy (non-hydrogen) atoms. The molecule has 14 nitrogen and oxygen atoms in total. The van der Waals surface area contributed by atoms with Gasteiger partial charge in [-0.15, -0.1) is 0 Å². The summed E-state index contributed by atoms with van der Waals surface area (Å²) in [5.74, 6) is 0.445. The largest absolute Gasteiger partial charge is 0.394 e. The molecule has 22 atom stereocenters. The van der Waals surface area contributed by atoms with E-state index in [0.717, 1.165) is 38.5 Å². The van der Waals surface area contributed by atoms with Crippen LogP contribution in [0.1, 0.15) is 92.4 Å². The Hall–Kier alpha value is -0.560. The molecule has 0 spiro atoms. The Bertz CT molecular complexity index is 1270. The van der Waals surface area contributed by atoms with E-state index in [1.54, 1.807) is 0 Å². The lowest BCUT2D eigenvalue weighted by molar-refractivity contribution is -0.373. The molecule has 9 N–H and O–H groups in total. The highest BCUT2D eigenvalue weighted by atomic mass is 16.8. The zero-order valence-electron chi connectivity index (χ0n) is 31.9. The van der Waals surface area contributed by atoms with Gasteiger partial charge in [0.15, 0.2) is 18.4 Å². The van der Waals surface area contributed by atoms with Gasteiger partial charge in [0.1, 0.15) is 48.8 Å². The summed E-state index contributed by atoms with van der Waals surface area (Å²) in [7, 11) is 0. The Labute approximate surface area is 312 Å². The van der Waals surface area contributed by atoms with Gasteiger partial charge in [0.2, 0.25) is 0 Å². The van der Waals surface area contributed by atoms with Gasteiger partial charge in [-0.1, -0.05) is 34.6 Å². The summed E-state index contributed by atoms with van der Waals surface area (Å²) in [6.07, 6.45) is -8.50. The molecule has 3 saturated heterocycles. The Morgan fingerprint density at radius 2 is 1.36 bits per heavy atom. The smallest absolute Gasteiger partial charge is 0.187 e. The lowest BCUT2D eigenvalue weighted by Crippen LogP contribution is -2.65. The summed E-state index contributed by atoms with van der Waals surface area (Å²) in [4.78, 5) is 0. The highest BCUT2D eigenvalue weighted by Gasteiger charge is 2.71. The molecule has 14 heteroatoms. The van der Waals surface area contributed by atoms with Crippen LogP contribution in [0, 0.1) is 52.3 Å². The predicted molar refractivity (Wildman–Crippen MR) is 186 cm³/mol. The van der Waals surface area contributed by atoms with Crippen molar-refractivity contribution >= 4 is 0 Å². The van der Waals surface area contributed by atoms with Crippen molar-refractivity contribution in [2.75, 3.05) is 13.2 Å². The van der Waals surface area contributed by atoms with Crippen molar-refractivity contribution in [1.29, 1.82) is 0 Å². The quantitative estimate of drug-likeness (QED) is 0.145. The zero-order valence-corrected chi connectivity index (χ0v) is 31.9. The van der Waals surface area contributed by atoms with Crippen LogP contribution in [0.5, 0.6) is 0 Å². The molecule has 0 aromatic carbocycles. The van der Waals surface area contributed by atoms with Crippen LogP contribution in [0.25, 0.3) is 0 Å². The van der Waals surface area contributed by atoms with Gasteiger partial charge in [-0.2, -0.15) is 0 Å². The molecule has 306 valence electrons. The summed E-state index contributed by atoms with van der Waals surface area (Å²) in [5, 5.41) is 96.3. The van der Waals surface area contributed by atoms with Crippen molar-refractivity contribution in [3.8, 4) is 0 Å². The van der Waals surface area contributed by atoms with Crippen LogP contribution in [0.2, 0.25) is 0 Å². The van der Waals surface area contributed by atoms with Crippen LogP contribution < -0.4 is 0 Å². The van der Waals surface area contributed by atoms with Crippen LogP contribution in [0.3, 0.4) is 0 Å². The van der Waals surface area contributed by atoms with Gasteiger partial charge in [-0.05, 0) is 91.8 Å². The van der Waals surface area contributed by atoms with Crippen LogP contribution in [-0.4, -0.2) is 145 Å². The lowest BCUT2D eigenvalue weighted by atomic mass is 9.44. The molecule has 4 saturated carbocycles. The first-order valence-electron chi connectivity index (χ1n) is 20.3. The maximum absolute atomic E-state index is 12.0. The summed E-state index contributed by atoms with van der Waals surface area (Å²) in [5.41, 5.74) is -0.117. The van der Waals surface area contributed by atoms with Crippen LogP contribution >= 0.6 is 0 Å². The van der Waals surface area contributed by atoms with Crippen LogP contribution in [-0.2, 0) is 23.7 Å². The number of ether oxygens (including phenoxy) is 5. The molecule has 0 bridgehead atoms. The van der Waals surface area contributed by atoms with Crippen molar-refractivity contribution in [2.45, 2.75) is 178 Å².